The van der Waals surface area contributed by atoms with Gasteiger partial charge in [-0.05, 0) is 35.2 Å². The Morgan fingerprint density at radius 1 is 1.12 bits per heavy atom. The van der Waals surface area contributed by atoms with E-state index in [2.05, 4.69) is 24.3 Å². The molecule has 0 heterocycles. The Labute approximate surface area is 99.5 Å². The smallest absolute Gasteiger partial charge is 0.0767 e. The van der Waals surface area contributed by atoms with Crippen LogP contribution in [-0.2, 0) is 6.42 Å². The van der Waals surface area contributed by atoms with Crippen molar-refractivity contribution in [2.45, 2.75) is 25.5 Å². The SMILES string of the molecule is CC(O)c1cccc2c(CC[SiH3])cccc12. The zero-order valence-corrected chi connectivity index (χ0v) is 11.9. The van der Waals surface area contributed by atoms with E-state index in [0.717, 1.165) is 12.0 Å². The molecule has 1 atom stereocenters. The molecule has 1 unspecified atom stereocenters. The van der Waals surface area contributed by atoms with Gasteiger partial charge in [0.25, 0.3) is 0 Å². The van der Waals surface area contributed by atoms with Crippen molar-refractivity contribution in [3.05, 3.63) is 47.5 Å². The van der Waals surface area contributed by atoms with Gasteiger partial charge in [-0.2, -0.15) is 0 Å². The van der Waals surface area contributed by atoms with Gasteiger partial charge in [0.15, 0.2) is 0 Å². The van der Waals surface area contributed by atoms with Crippen molar-refractivity contribution < 1.29 is 5.11 Å². The fourth-order valence-corrected chi connectivity index (χ4v) is 2.79. The first-order chi connectivity index (χ1) is 7.74. The molecule has 0 aliphatic rings. The Kier molecular flexibility index (Phi) is 3.41. The summed E-state index contributed by atoms with van der Waals surface area (Å²) in [5.41, 5.74) is 2.45. The molecule has 84 valence electrons. The molecule has 2 aromatic carbocycles. The molecule has 0 saturated heterocycles. The molecule has 0 spiro atoms. The van der Waals surface area contributed by atoms with Crippen LogP contribution >= 0.6 is 0 Å². The molecule has 0 amide bonds. The molecular formula is C14H18OSi. The summed E-state index contributed by atoms with van der Waals surface area (Å²) in [6.07, 6.45) is 0.766. The molecule has 0 aliphatic carbocycles. The van der Waals surface area contributed by atoms with Gasteiger partial charge in [0.2, 0.25) is 0 Å². The van der Waals surface area contributed by atoms with Crippen molar-refractivity contribution in [2.24, 2.45) is 0 Å². The van der Waals surface area contributed by atoms with Gasteiger partial charge < -0.3 is 5.11 Å². The van der Waals surface area contributed by atoms with Crippen LogP contribution in [0.4, 0.5) is 0 Å². The van der Waals surface area contributed by atoms with E-state index in [1.807, 2.05) is 19.1 Å². The van der Waals surface area contributed by atoms with Crippen molar-refractivity contribution in [3.63, 3.8) is 0 Å². The first kappa shape index (κ1) is 11.4. The Morgan fingerprint density at radius 2 is 1.81 bits per heavy atom. The molecule has 1 nitrogen and oxygen atoms in total. The lowest BCUT2D eigenvalue weighted by Crippen LogP contribution is -1.94. The second-order valence-electron chi connectivity index (χ2n) is 4.29. The maximum absolute atomic E-state index is 9.75. The molecular weight excluding hydrogens is 212 g/mol. The Balaban J connectivity index is 2.66. The summed E-state index contributed by atoms with van der Waals surface area (Å²) in [6, 6.07) is 13.9. The standard InChI is InChI=1S/C14H18OSi/c1-10(15)12-5-3-6-13-11(8-9-16)4-2-7-14(12)13/h2-7,10,15H,8-9H2,1,16H3. The van der Waals surface area contributed by atoms with Crippen molar-refractivity contribution in [1.29, 1.82) is 0 Å². The van der Waals surface area contributed by atoms with Gasteiger partial charge in [-0.15, -0.1) is 0 Å². The summed E-state index contributed by atoms with van der Waals surface area (Å²) in [5.74, 6) is 0. The third-order valence-corrected chi connectivity index (χ3v) is 3.52. The first-order valence-electron chi connectivity index (χ1n) is 5.92. The number of aliphatic hydroxyl groups excluding tert-OH is 1. The van der Waals surface area contributed by atoms with E-state index in [9.17, 15) is 5.11 Å². The summed E-state index contributed by atoms with van der Waals surface area (Å²) >= 11 is 0. The van der Waals surface area contributed by atoms with E-state index in [1.165, 1.54) is 32.6 Å². The van der Waals surface area contributed by atoms with Crippen molar-refractivity contribution in [2.75, 3.05) is 0 Å². The zero-order chi connectivity index (χ0) is 11.5. The normalized spacial score (nSPS) is 13.1. The Hall–Kier alpha value is -1.12. The molecule has 0 aliphatic heterocycles. The third-order valence-electron chi connectivity index (χ3n) is 3.02. The zero-order valence-electron chi connectivity index (χ0n) is 9.90. The average molecular weight is 230 g/mol. The van der Waals surface area contributed by atoms with Crippen molar-refractivity contribution in [3.8, 4) is 0 Å². The molecule has 16 heavy (non-hydrogen) atoms. The van der Waals surface area contributed by atoms with E-state index < -0.39 is 6.10 Å². The predicted octanol–water partition coefficient (Wildman–Crippen LogP) is 2.22. The van der Waals surface area contributed by atoms with Crippen LogP contribution in [0.3, 0.4) is 0 Å². The second-order valence-corrected chi connectivity index (χ2v) is 5.29. The molecule has 0 radical (unpaired) electrons. The van der Waals surface area contributed by atoms with E-state index in [4.69, 9.17) is 0 Å². The summed E-state index contributed by atoms with van der Waals surface area (Å²) in [4.78, 5) is 0. The van der Waals surface area contributed by atoms with E-state index in [0.29, 0.717) is 0 Å². The summed E-state index contributed by atoms with van der Waals surface area (Å²) < 4.78 is 0. The quantitative estimate of drug-likeness (QED) is 0.802. The molecule has 2 aromatic rings. The van der Waals surface area contributed by atoms with E-state index in [-0.39, 0.29) is 0 Å². The molecule has 0 fully saturated rings. The largest absolute Gasteiger partial charge is 0.389 e. The highest BCUT2D eigenvalue weighted by Crippen LogP contribution is 2.27. The topological polar surface area (TPSA) is 20.2 Å². The van der Waals surface area contributed by atoms with Gasteiger partial charge in [0.05, 0.1) is 6.10 Å². The maximum atomic E-state index is 9.75. The summed E-state index contributed by atoms with van der Waals surface area (Å²) in [6.45, 7) is 1.83. The number of hydrogen-bond acceptors (Lipinski definition) is 1. The van der Waals surface area contributed by atoms with Gasteiger partial charge in [0, 0.05) is 10.2 Å². The molecule has 1 N–H and O–H groups in total. The van der Waals surface area contributed by atoms with Crippen LogP contribution in [0, 0.1) is 0 Å². The van der Waals surface area contributed by atoms with Crippen molar-refractivity contribution in [1.82, 2.24) is 0 Å². The minimum Gasteiger partial charge on any atom is -0.389 e. The lowest BCUT2D eigenvalue weighted by molar-refractivity contribution is 0.201. The van der Waals surface area contributed by atoms with Crippen molar-refractivity contribution >= 4 is 21.0 Å². The number of rotatable bonds is 3. The highest BCUT2D eigenvalue weighted by atomic mass is 28.1. The van der Waals surface area contributed by atoms with Crippen LogP contribution in [-0.4, -0.2) is 15.3 Å². The summed E-state index contributed by atoms with van der Waals surface area (Å²) in [7, 11) is 1.25. The Bertz CT molecular complexity index is 491. The predicted molar refractivity (Wildman–Crippen MR) is 73.0 cm³/mol. The highest BCUT2D eigenvalue weighted by molar-refractivity contribution is 6.08. The molecule has 2 heteroatoms. The third kappa shape index (κ3) is 2.03. The second kappa shape index (κ2) is 4.81. The van der Waals surface area contributed by atoms with E-state index in [1.54, 1.807) is 0 Å². The van der Waals surface area contributed by atoms with Crippen LogP contribution in [0.1, 0.15) is 24.2 Å². The van der Waals surface area contributed by atoms with Crippen LogP contribution in [0.2, 0.25) is 6.04 Å². The van der Waals surface area contributed by atoms with Gasteiger partial charge in [0.1, 0.15) is 0 Å². The van der Waals surface area contributed by atoms with Gasteiger partial charge in [-0.1, -0.05) is 42.4 Å². The number of fused-ring (bicyclic) bond motifs is 1. The summed E-state index contributed by atoms with van der Waals surface area (Å²) in [5, 5.41) is 12.3. The minimum absolute atomic E-state index is 0.394. The van der Waals surface area contributed by atoms with Gasteiger partial charge in [-0.25, -0.2) is 0 Å². The number of aliphatic hydroxyl groups is 1. The van der Waals surface area contributed by atoms with Gasteiger partial charge in [-0.3, -0.25) is 0 Å². The van der Waals surface area contributed by atoms with E-state index >= 15 is 0 Å². The monoisotopic (exact) mass is 230 g/mol. The molecule has 2 rings (SSSR count). The number of benzene rings is 2. The maximum Gasteiger partial charge on any atom is 0.0767 e. The highest BCUT2D eigenvalue weighted by Gasteiger charge is 2.07. The van der Waals surface area contributed by atoms with Gasteiger partial charge >= 0.3 is 0 Å². The minimum atomic E-state index is -0.394. The Morgan fingerprint density at radius 3 is 2.50 bits per heavy atom. The number of aryl methyl sites for hydroxylation is 1. The fourth-order valence-electron chi connectivity index (χ4n) is 2.25. The molecule has 0 bridgehead atoms. The fraction of sp³-hybridized carbons (Fsp3) is 0.286. The lowest BCUT2D eigenvalue weighted by Gasteiger charge is -2.11. The van der Waals surface area contributed by atoms with Crippen LogP contribution in [0.25, 0.3) is 10.8 Å². The van der Waals surface area contributed by atoms with Crippen LogP contribution in [0.5, 0.6) is 0 Å². The average Bonchev–Trinajstić information content (AvgIpc) is 2.29. The van der Waals surface area contributed by atoms with Crippen LogP contribution < -0.4 is 0 Å². The lowest BCUT2D eigenvalue weighted by atomic mass is 9.97. The number of hydrogen-bond donors (Lipinski definition) is 1. The molecule has 0 aromatic heterocycles. The molecule has 0 saturated carbocycles. The first-order valence-corrected chi connectivity index (χ1v) is 7.34. The van der Waals surface area contributed by atoms with Crippen LogP contribution in [0.15, 0.2) is 36.4 Å².